The van der Waals surface area contributed by atoms with E-state index in [0.29, 0.717) is 0 Å². The summed E-state index contributed by atoms with van der Waals surface area (Å²) in [5.41, 5.74) is 0. The number of thioether (sulfide) groups is 1. The van der Waals surface area contributed by atoms with Crippen molar-refractivity contribution < 1.29 is 0 Å². The van der Waals surface area contributed by atoms with E-state index in [-0.39, 0.29) is 0 Å². The third kappa shape index (κ3) is 8.84. The lowest BCUT2D eigenvalue weighted by Gasteiger charge is -2.25. The van der Waals surface area contributed by atoms with Crippen LogP contribution in [0.1, 0.15) is 39.0 Å². The second-order valence-corrected chi connectivity index (χ2v) is 5.09. The molecule has 1 saturated heterocycles. The Bertz CT molecular complexity index is 139. The fraction of sp³-hybridized carbons (Fsp3) is 0.846. The Morgan fingerprint density at radius 3 is 2.20 bits per heavy atom. The zero-order valence-corrected chi connectivity index (χ0v) is 10.9. The van der Waals surface area contributed by atoms with E-state index in [9.17, 15) is 0 Å². The number of terminal acetylenes is 1. The van der Waals surface area contributed by atoms with Crippen LogP contribution in [0, 0.1) is 12.8 Å². The molecule has 88 valence electrons. The minimum absolute atomic E-state index is 1.33. The van der Waals surface area contributed by atoms with Crippen LogP contribution in [-0.4, -0.2) is 36.0 Å². The van der Waals surface area contributed by atoms with Gasteiger partial charge in [0.05, 0.1) is 0 Å². The zero-order valence-electron chi connectivity index (χ0n) is 10.1. The molecule has 0 N–H and O–H groups in total. The number of unbranched alkanes of at least 4 members (excludes halogenated alkanes) is 4. The first-order valence-electron chi connectivity index (χ1n) is 6.07. The molecule has 1 aliphatic heterocycles. The van der Waals surface area contributed by atoms with Crippen LogP contribution in [0.4, 0.5) is 0 Å². The highest BCUT2D eigenvalue weighted by Gasteiger charge is 2.08. The molecule has 15 heavy (non-hydrogen) atoms. The van der Waals surface area contributed by atoms with Crippen molar-refractivity contribution in [3.8, 4) is 12.8 Å². The quantitative estimate of drug-likeness (QED) is 0.506. The molecule has 0 aliphatic carbocycles. The van der Waals surface area contributed by atoms with Gasteiger partial charge in [-0.15, -0.1) is 12.8 Å². The fourth-order valence-corrected chi connectivity index (χ4v) is 2.74. The average molecular weight is 227 g/mol. The number of nitrogens with zero attached hydrogens (tertiary/aromatic N) is 1. The highest BCUT2D eigenvalue weighted by molar-refractivity contribution is 7.99. The van der Waals surface area contributed by atoms with Crippen LogP contribution >= 0.6 is 11.8 Å². The molecule has 1 heterocycles. The molecular formula is C13H25NS. The minimum Gasteiger partial charge on any atom is -0.302 e. The Labute approximate surface area is 100 Å². The molecule has 1 aliphatic rings. The van der Waals surface area contributed by atoms with Gasteiger partial charge in [-0.05, 0) is 13.0 Å². The van der Waals surface area contributed by atoms with Crippen molar-refractivity contribution in [1.29, 1.82) is 0 Å². The largest absolute Gasteiger partial charge is 0.302 e. The van der Waals surface area contributed by atoms with Gasteiger partial charge in [0.2, 0.25) is 0 Å². The van der Waals surface area contributed by atoms with Crippen molar-refractivity contribution in [1.82, 2.24) is 4.90 Å². The van der Waals surface area contributed by atoms with E-state index in [4.69, 9.17) is 0 Å². The molecule has 1 rings (SSSR count). The predicted molar refractivity (Wildman–Crippen MR) is 72.4 cm³/mol. The molecule has 0 bridgehead atoms. The van der Waals surface area contributed by atoms with Gasteiger partial charge in [-0.3, -0.25) is 0 Å². The van der Waals surface area contributed by atoms with Gasteiger partial charge in [0.1, 0.15) is 0 Å². The van der Waals surface area contributed by atoms with Gasteiger partial charge in [0, 0.05) is 24.6 Å². The molecular weight excluding hydrogens is 202 g/mol. The highest BCUT2D eigenvalue weighted by atomic mass is 32.2. The van der Waals surface area contributed by atoms with Gasteiger partial charge < -0.3 is 4.90 Å². The summed E-state index contributed by atoms with van der Waals surface area (Å²) in [7, 11) is 0. The molecule has 0 radical (unpaired) electrons. The van der Waals surface area contributed by atoms with Crippen molar-refractivity contribution in [3.63, 3.8) is 0 Å². The van der Waals surface area contributed by atoms with Crippen LogP contribution in [-0.2, 0) is 0 Å². The van der Waals surface area contributed by atoms with Gasteiger partial charge in [0.15, 0.2) is 0 Å². The maximum Gasteiger partial charge on any atom is 0.00727 e. The topological polar surface area (TPSA) is 3.24 Å². The van der Waals surface area contributed by atoms with Gasteiger partial charge >= 0.3 is 0 Å². The summed E-state index contributed by atoms with van der Waals surface area (Å²) in [5, 5.41) is 0. The van der Waals surface area contributed by atoms with Crippen molar-refractivity contribution in [2.75, 3.05) is 31.1 Å². The van der Waals surface area contributed by atoms with Gasteiger partial charge in [-0.2, -0.15) is 11.8 Å². The summed E-state index contributed by atoms with van der Waals surface area (Å²) < 4.78 is 0. The fourth-order valence-electron chi connectivity index (χ4n) is 1.76. The van der Waals surface area contributed by atoms with E-state index < -0.39 is 0 Å². The monoisotopic (exact) mass is 227 g/mol. The summed E-state index contributed by atoms with van der Waals surface area (Å²) in [6.07, 6.45) is 15.1. The minimum atomic E-state index is 1.33. The van der Waals surface area contributed by atoms with Crippen molar-refractivity contribution >= 4 is 11.8 Å². The molecule has 2 heteroatoms. The Balaban J connectivity index is 0.000000921. The maximum absolute atomic E-state index is 4.00. The van der Waals surface area contributed by atoms with E-state index >= 15 is 0 Å². The van der Waals surface area contributed by atoms with Crippen LogP contribution in [0.5, 0.6) is 0 Å². The van der Waals surface area contributed by atoms with E-state index in [0.717, 1.165) is 0 Å². The van der Waals surface area contributed by atoms with Crippen molar-refractivity contribution in [3.05, 3.63) is 0 Å². The molecule has 0 aromatic rings. The Kier molecular flexibility index (Phi) is 11.8. The third-order valence-electron chi connectivity index (χ3n) is 2.68. The summed E-state index contributed by atoms with van der Waals surface area (Å²) in [4.78, 5) is 2.63. The predicted octanol–water partition coefficient (Wildman–Crippen LogP) is 3.26. The molecule has 0 amide bonds. The standard InChI is InChI=1S/C11H23NS.C2H2/c1-2-3-4-5-6-7-12-8-10-13-11-9-12;1-2/h2-11H2,1H3;1-2H. The molecule has 1 fully saturated rings. The smallest absolute Gasteiger partial charge is 0.00727 e. The summed E-state index contributed by atoms with van der Waals surface area (Å²) in [6.45, 7) is 6.29. The Morgan fingerprint density at radius 2 is 1.60 bits per heavy atom. The number of hydrogen-bond donors (Lipinski definition) is 0. The van der Waals surface area contributed by atoms with Crippen LogP contribution in [0.2, 0.25) is 0 Å². The average Bonchev–Trinajstić information content (AvgIpc) is 2.33. The van der Waals surface area contributed by atoms with E-state index in [2.05, 4.69) is 36.4 Å². The van der Waals surface area contributed by atoms with Crippen molar-refractivity contribution in [2.45, 2.75) is 39.0 Å². The first kappa shape index (κ1) is 14.9. The lowest BCUT2D eigenvalue weighted by molar-refractivity contribution is 0.294. The van der Waals surface area contributed by atoms with E-state index in [1.54, 1.807) is 0 Å². The van der Waals surface area contributed by atoms with Gasteiger partial charge in [0.25, 0.3) is 0 Å². The van der Waals surface area contributed by atoms with Crippen LogP contribution in [0.3, 0.4) is 0 Å². The summed E-state index contributed by atoms with van der Waals surface area (Å²) >= 11 is 2.10. The Morgan fingerprint density at radius 1 is 1.00 bits per heavy atom. The third-order valence-corrected chi connectivity index (χ3v) is 3.62. The Hall–Kier alpha value is -0.130. The first-order chi connectivity index (χ1) is 7.43. The number of rotatable bonds is 6. The molecule has 0 saturated carbocycles. The van der Waals surface area contributed by atoms with E-state index in [1.165, 1.54) is 63.2 Å². The number of hydrogen-bond acceptors (Lipinski definition) is 2. The summed E-state index contributed by atoms with van der Waals surface area (Å²) in [5.74, 6) is 2.71. The molecule has 0 aromatic heterocycles. The normalized spacial score (nSPS) is 16.7. The molecule has 0 atom stereocenters. The van der Waals surface area contributed by atoms with Crippen LogP contribution in [0.25, 0.3) is 0 Å². The zero-order chi connectivity index (χ0) is 11.4. The van der Waals surface area contributed by atoms with Crippen LogP contribution in [0.15, 0.2) is 0 Å². The lowest BCUT2D eigenvalue weighted by Crippen LogP contribution is -2.33. The molecule has 1 nitrogen and oxygen atoms in total. The van der Waals surface area contributed by atoms with Crippen molar-refractivity contribution in [2.24, 2.45) is 0 Å². The summed E-state index contributed by atoms with van der Waals surface area (Å²) in [6, 6.07) is 0. The maximum atomic E-state index is 4.00. The molecule has 0 spiro atoms. The molecule has 0 aromatic carbocycles. The van der Waals surface area contributed by atoms with Gasteiger partial charge in [-0.25, -0.2) is 0 Å². The SMILES string of the molecule is C#C.CCCCCCCN1CCSCC1. The van der Waals surface area contributed by atoms with Gasteiger partial charge in [-0.1, -0.05) is 32.6 Å². The second kappa shape index (κ2) is 11.9. The van der Waals surface area contributed by atoms with Crippen LogP contribution < -0.4 is 0 Å². The first-order valence-corrected chi connectivity index (χ1v) is 7.22. The second-order valence-electron chi connectivity index (χ2n) is 3.87. The molecule has 0 unspecified atom stereocenters. The highest BCUT2D eigenvalue weighted by Crippen LogP contribution is 2.10. The lowest BCUT2D eigenvalue weighted by atomic mass is 10.1. The van der Waals surface area contributed by atoms with E-state index in [1.807, 2.05) is 0 Å².